The first-order valence-electron chi connectivity index (χ1n) is 8.33. The molecule has 1 atom stereocenters. The van der Waals surface area contributed by atoms with Crippen molar-refractivity contribution in [2.24, 2.45) is 0 Å². The van der Waals surface area contributed by atoms with Gasteiger partial charge < -0.3 is 10.1 Å². The van der Waals surface area contributed by atoms with Gasteiger partial charge in [0.05, 0.1) is 37.3 Å². The van der Waals surface area contributed by atoms with Crippen LogP contribution in [0.25, 0.3) is 0 Å². The maximum atomic E-state index is 12.3. The third kappa shape index (κ3) is 4.90. The second-order valence-electron chi connectivity index (χ2n) is 6.24. The maximum Gasteiger partial charge on any atom is 0.254 e. The molecule has 1 aromatic carbocycles. The standard InChI is InChI=1S/C17H22N4O4S/c1-26(23,24)21-7-8-25-16(13-21)10-18-17(22)15-9-19-20(12-15)11-14-5-3-2-4-6-14/h2-6,9,12,16H,7-8,10-11,13H2,1H3,(H,18,22)/t16-/m1/s1. The van der Waals surface area contributed by atoms with Gasteiger partial charge in [-0.1, -0.05) is 30.3 Å². The Labute approximate surface area is 152 Å². The van der Waals surface area contributed by atoms with Crippen LogP contribution >= 0.6 is 0 Å². The summed E-state index contributed by atoms with van der Waals surface area (Å²) < 4.78 is 31.8. The third-order valence-corrected chi connectivity index (χ3v) is 5.41. The van der Waals surface area contributed by atoms with Crippen LogP contribution in [0, 0.1) is 0 Å². The first-order valence-corrected chi connectivity index (χ1v) is 10.2. The van der Waals surface area contributed by atoms with Crippen LogP contribution in [0.4, 0.5) is 0 Å². The van der Waals surface area contributed by atoms with E-state index in [2.05, 4.69) is 10.4 Å². The highest BCUT2D eigenvalue weighted by atomic mass is 32.2. The molecular formula is C17H22N4O4S. The first-order chi connectivity index (χ1) is 12.4. The zero-order chi connectivity index (χ0) is 18.6. The van der Waals surface area contributed by atoms with Crippen molar-refractivity contribution in [2.45, 2.75) is 12.6 Å². The summed E-state index contributed by atoms with van der Waals surface area (Å²) in [5.41, 5.74) is 1.55. The number of morpholine rings is 1. The maximum absolute atomic E-state index is 12.3. The van der Waals surface area contributed by atoms with E-state index in [0.717, 1.165) is 5.56 Å². The van der Waals surface area contributed by atoms with Crippen molar-refractivity contribution in [3.63, 3.8) is 0 Å². The Balaban J connectivity index is 1.52. The lowest BCUT2D eigenvalue weighted by Gasteiger charge is -2.31. The average molecular weight is 378 g/mol. The zero-order valence-electron chi connectivity index (χ0n) is 14.5. The number of nitrogens with one attached hydrogen (secondary N) is 1. The normalized spacial score (nSPS) is 18.6. The Morgan fingerprint density at radius 3 is 2.85 bits per heavy atom. The van der Waals surface area contributed by atoms with Crippen LogP contribution < -0.4 is 5.32 Å². The lowest BCUT2D eigenvalue weighted by atomic mass is 10.2. The quantitative estimate of drug-likeness (QED) is 0.781. The van der Waals surface area contributed by atoms with Crippen LogP contribution in [0.5, 0.6) is 0 Å². The van der Waals surface area contributed by atoms with E-state index in [1.807, 2.05) is 30.3 Å². The number of rotatable bonds is 6. The molecule has 3 rings (SSSR count). The number of carbonyl (C=O) groups is 1. The van der Waals surface area contributed by atoms with Crippen LogP contribution in [0.1, 0.15) is 15.9 Å². The van der Waals surface area contributed by atoms with E-state index in [1.54, 1.807) is 10.9 Å². The highest BCUT2D eigenvalue weighted by molar-refractivity contribution is 7.88. The molecule has 8 nitrogen and oxygen atoms in total. The molecular weight excluding hydrogens is 356 g/mol. The number of amides is 1. The molecule has 9 heteroatoms. The van der Waals surface area contributed by atoms with Gasteiger partial charge in [0, 0.05) is 25.8 Å². The summed E-state index contributed by atoms with van der Waals surface area (Å²) in [6.07, 6.45) is 4.02. The number of sulfonamides is 1. The molecule has 0 spiro atoms. The molecule has 0 bridgehead atoms. The van der Waals surface area contributed by atoms with Gasteiger partial charge in [0.15, 0.2) is 0 Å². The van der Waals surface area contributed by atoms with E-state index in [4.69, 9.17) is 4.74 Å². The molecule has 1 fully saturated rings. The minimum Gasteiger partial charge on any atom is -0.374 e. The summed E-state index contributed by atoms with van der Waals surface area (Å²) in [6, 6.07) is 9.85. The Kier molecular flexibility index (Phi) is 5.70. The van der Waals surface area contributed by atoms with Crippen LogP contribution in [0.15, 0.2) is 42.7 Å². The predicted octanol–water partition coefficient (Wildman–Crippen LogP) is 0.322. The molecule has 140 valence electrons. The summed E-state index contributed by atoms with van der Waals surface area (Å²) in [6.45, 7) is 1.74. The summed E-state index contributed by atoms with van der Waals surface area (Å²) in [5.74, 6) is -0.260. The predicted molar refractivity (Wildman–Crippen MR) is 96.3 cm³/mol. The van der Waals surface area contributed by atoms with Gasteiger partial charge in [-0.15, -0.1) is 0 Å². The molecule has 0 radical (unpaired) electrons. The van der Waals surface area contributed by atoms with E-state index in [-0.39, 0.29) is 25.1 Å². The van der Waals surface area contributed by atoms with Crippen molar-refractivity contribution in [3.05, 3.63) is 53.9 Å². The lowest BCUT2D eigenvalue weighted by Crippen LogP contribution is -2.49. The Morgan fingerprint density at radius 1 is 1.35 bits per heavy atom. The van der Waals surface area contributed by atoms with Crippen LogP contribution in [0.3, 0.4) is 0 Å². The summed E-state index contributed by atoms with van der Waals surface area (Å²) >= 11 is 0. The van der Waals surface area contributed by atoms with Gasteiger partial charge >= 0.3 is 0 Å². The van der Waals surface area contributed by atoms with Crippen LogP contribution in [-0.4, -0.2) is 67.0 Å². The first kappa shape index (κ1) is 18.6. The molecule has 0 unspecified atom stereocenters. The van der Waals surface area contributed by atoms with E-state index in [1.165, 1.54) is 16.8 Å². The highest BCUT2D eigenvalue weighted by Gasteiger charge is 2.26. The van der Waals surface area contributed by atoms with E-state index < -0.39 is 10.0 Å². The zero-order valence-corrected chi connectivity index (χ0v) is 15.4. The number of hydrogen-bond acceptors (Lipinski definition) is 5. The minimum absolute atomic E-state index is 0.242. The van der Waals surface area contributed by atoms with Gasteiger partial charge in [0.1, 0.15) is 0 Å². The summed E-state index contributed by atoms with van der Waals surface area (Å²) in [5, 5.41) is 6.99. The van der Waals surface area contributed by atoms with Gasteiger partial charge in [0.25, 0.3) is 5.91 Å². The summed E-state index contributed by atoms with van der Waals surface area (Å²) in [4.78, 5) is 12.3. The number of nitrogens with zero attached hydrogens (tertiary/aromatic N) is 3. The van der Waals surface area contributed by atoms with E-state index >= 15 is 0 Å². The molecule has 0 saturated carbocycles. The van der Waals surface area contributed by atoms with Crippen molar-refractivity contribution in [1.29, 1.82) is 0 Å². The van der Waals surface area contributed by atoms with Gasteiger partial charge in [-0.3, -0.25) is 9.48 Å². The van der Waals surface area contributed by atoms with Crippen molar-refractivity contribution in [1.82, 2.24) is 19.4 Å². The van der Waals surface area contributed by atoms with E-state index in [9.17, 15) is 13.2 Å². The topological polar surface area (TPSA) is 93.5 Å². The largest absolute Gasteiger partial charge is 0.374 e. The fraction of sp³-hybridized carbons (Fsp3) is 0.412. The molecule has 1 aliphatic heterocycles. The molecule has 1 aromatic heterocycles. The fourth-order valence-electron chi connectivity index (χ4n) is 2.76. The van der Waals surface area contributed by atoms with Crippen molar-refractivity contribution >= 4 is 15.9 Å². The number of benzene rings is 1. The average Bonchev–Trinajstić information content (AvgIpc) is 3.09. The second-order valence-corrected chi connectivity index (χ2v) is 8.22. The molecule has 2 heterocycles. The minimum atomic E-state index is -3.25. The molecule has 26 heavy (non-hydrogen) atoms. The summed E-state index contributed by atoms with van der Waals surface area (Å²) in [7, 11) is -3.25. The lowest BCUT2D eigenvalue weighted by molar-refractivity contribution is 0.000438. The molecule has 1 amide bonds. The number of ether oxygens (including phenoxy) is 1. The van der Waals surface area contributed by atoms with E-state index in [0.29, 0.717) is 25.3 Å². The number of hydrogen-bond donors (Lipinski definition) is 1. The molecule has 0 aliphatic carbocycles. The third-order valence-electron chi connectivity index (χ3n) is 4.14. The fourth-order valence-corrected chi connectivity index (χ4v) is 3.61. The van der Waals surface area contributed by atoms with Gasteiger partial charge in [0.2, 0.25) is 10.0 Å². The van der Waals surface area contributed by atoms with Gasteiger partial charge in [-0.2, -0.15) is 9.40 Å². The Bertz CT molecular complexity index is 851. The Morgan fingerprint density at radius 2 is 2.12 bits per heavy atom. The smallest absolute Gasteiger partial charge is 0.254 e. The molecule has 2 aromatic rings. The highest BCUT2D eigenvalue weighted by Crippen LogP contribution is 2.09. The number of aromatic nitrogens is 2. The SMILES string of the molecule is CS(=O)(=O)N1CCO[C@H](CNC(=O)c2cnn(Cc3ccccc3)c2)C1. The number of carbonyl (C=O) groups excluding carboxylic acids is 1. The van der Waals surface area contributed by atoms with Crippen LogP contribution in [-0.2, 0) is 21.3 Å². The van der Waals surface area contributed by atoms with Crippen LogP contribution in [0.2, 0.25) is 0 Å². The van der Waals surface area contributed by atoms with Crippen molar-refractivity contribution in [2.75, 3.05) is 32.5 Å². The van der Waals surface area contributed by atoms with Crippen molar-refractivity contribution < 1.29 is 17.9 Å². The monoisotopic (exact) mass is 378 g/mol. The molecule has 1 aliphatic rings. The van der Waals surface area contributed by atoms with Gasteiger partial charge in [-0.25, -0.2) is 8.42 Å². The molecule has 1 saturated heterocycles. The van der Waals surface area contributed by atoms with Crippen molar-refractivity contribution in [3.8, 4) is 0 Å². The molecule has 1 N–H and O–H groups in total. The van der Waals surface area contributed by atoms with Gasteiger partial charge in [-0.05, 0) is 5.56 Å². The second kappa shape index (κ2) is 7.98. The Hall–Kier alpha value is -2.23.